The Bertz CT molecular complexity index is 303. The van der Waals surface area contributed by atoms with Crippen molar-refractivity contribution in [2.45, 2.75) is 52.6 Å². The molecule has 1 heterocycles. The van der Waals surface area contributed by atoms with Crippen LogP contribution in [0.2, 0.25) is 0 Å². The SMILES string of the molecule is CC(C)CNCc1cncn1CCCC1CC1. The number of hydrogen-bond acceptors (Lipinski definition) is 2. The van der Waals surface area contributed by atoms with Gasteiger partial charge in [0.05, 0.1) is 12.0 Å². The summed E-state index contributed by atoms with van der Waals surface area (Å²) in [7, 11) is 0. The lowest BCUT2D eigenvalue weighted by molar-refractivity contribution is 0.519. The molecule has 0 radical (unpaired) electrons. The van der Waals surface area contributed by atoms with Crippen molar-refractivity contribution in [1.82, 2.24) is 14.9 Å². The third kappa shape index (κ3) is 4.50. The zero-order valence-electron chi connectivity index (χ0n) is 11.2. The van der Waals surface area contributed by atoms with Gasteiger partial charge in [0.2, 0.25) is 0 Å². The highest BCUT2D eigenvalue weighted by Gasteiger charge is 2.20. The first kappa shape index (κ1) is 12.6. The molecule has 1 aliphatic carbocycles. The molecule has 0 bridgehead atoms. The van der Waals surface area contributed by atoms with Crippen molar-refractivity contribution in [3.05, 3.63) is 18.2 Å². The summed E-state index contributed by atoms with van der Waals surface area (Å²) < 4.78 is 2.30. The Labute approximate surface area is 105 Å². The Hall–Kier alpha value is -0.830. The van der Waals surface area contributed by atoms with Gasteiger partial charge in [-0.2, -0.15) is 0 Å². The monoisotopic (exact) mass is 235 g/mol. The quantitative estimate of drug-likeness (QED) is 0.751. The van der Waals surface area contributed by atoms with E-state index in [1.165, 1.54) is 31.4 Å². The Kier molecular flexibility index (Phi) is 4.60. The standard InChI is InChI=1S/C14H25N3/c1-12(2)8-15-9-14-10-16-11-17(14)7-3-4-13-5-6-13/h10-13,15H,3-9H2,1-2H3. The van der Waals surface area contributed by atoms with Gasteiger partial charge in [-0.25, -0.2) is 4.98 Å². The van der Waals surface area contributed by atoms with E-state index in [1.807, 2.05) is 12.5 Å². The van der Waals surface area contributed by atoms with E-state index in [9.17, 15) is 0 Å². The third-order valence-electron chi connectivity index (χ3n) is 3.37. The normalized spacial score (nSPS) is 15.7. The van der Waals surface area contributed by atoms with Crippen molar-refractivity contribution >= 4 is 0 Å². The lowest BCUT2D eigenvalue weighted by Crippen LogP contribution is -2.20. The van der Waals surface area contributed by atoms with Gasteiger partial charge in [0.1, 0.15) is 0 Å². The molecule has 0 atom stereocenters. The smallest absolute Gasteiger partial charge is 0.0948 e. The van der Waals surface area contributed by atoms with Crippen LogP contribution < -0.4 is 5.32 Å². The van der Waals surface area contributed by atoms with Gasteiger partial charge in [0, 0.05) is 19.3 Å². The molecular formula is C14H25N3. The maximum absolute atomic E-state index is 4.26. The molecule has 2 rings (SSSR count). The molecule has 1 fully saturated rings. The van der Waals surface area contributed by atoms with E-state index in [0.717, 1.165) is 25.6 Å². The molecule has 1 aliphatic rings. The summed E-state index contributed by atoms with van der Waals surface area (Å²) in [4.78, 5) is 4.26. The van der Waals surface area contributed by atoms with Crippen LogP contribution in [0.1, 0.15) is 45.2 Å². The highest BCUT2D eigenvalue weighted by molar-refractivity contribution is 4.97. The number of aromatic nitrogens is 2. The Balaban J connectivity index is 1.70. The predicted molar refractivity (Wildman–Crippen MR) is 70.7 cm³/mol. The van der Waals surface area contributed by atoms with Gasteiger partial charge in [-0.15, -0.1) is 0 Å². The van der Waals surface area contributed by atoms with E-state index in [0.29, 0.717) is 5.92 Å². The van der Waals surface area contributed by atoms with E-state index < -0.39 is 0 Å². The van der Waals surface area contributed by atoms with Gasteiger partial charge in [0.25, 0.3) is 0 Å². The molecule has 0 spiro atoms. The first-order valence-corrected chi connectivity index (χ1v) is 6.95. The van der Waals surface area contributed by atoms with Crippen LogP contribution in [0, 0.1) is 11.8 Å². The van der Waals surface area contributed by atoms with Crippen molar-refractivity contribution in [3.8, 4) is 0 Å². The van der Waals surface area contributed by atoms with Crippen LogP contribution in [0.5, 0.6) is 0 Å². The van der Waals surface area contributed by atoms with Gasteiger partial charge >= 0.3 is 0 Å². The topological polar surface area (TPSA) is 29.9 Å². The zero-order valence-corrected chi connectivity index (χ0v) is 11.2. The number of nitrogens with one attached hydrogen (secondary N) is 1. The Morgan fingerprint density at radius 1 is 1.47 bits per heavy atom. The minimum Gasteiger partial charge on any atom is -0.333 e. The molecule has 0 amide bonds. The average Bonchev–Trinajstić information content (AvgIpc) is 2.99. The molecule has 1 saturated carbocycles. The van der Waals surface area contributed by atoms with E-state index in [2.05, 4.69) is 28.7 Å². The number of aryl methyl sites for hydroxylation is 1. The molecule has 1 aromatic rings. The number of imidazole rings is 1. The van der Waals surface area contributed by atoms with Gasteiger partial charge in [-0.1, -0.05) is 26.7 Å². The van der Waals surface area contributed by atoms with Crippen molar-refractivity contribution in [3.63, 3.8) is 0 Å². The van der Waals surface area contributed by atoms with Gasteiger partial charge in [-0.05, 0) is 31.2 Å². The van der Waals surface area contributed by atoms with Crippen molar-refractivity contribution in [2.75, 3.05) is 6.54 Å². The first-order chi connectivity index (χ1) is 8.25. The van der Waals surface area contributed by atoms with E-state index in [1.54, 1.807) is 0 Å². The molecule has 1 aromatic heterocycles. The summed E-state index contributed by atoms with van der Waals surface area (Å²) in [5.74, 6) is 1.75. The maximum atomic E-state index is 4.26. The van der Waals surface area contributed by atoms with Gasteiger partial charge < -0.3 is 9.88 Å². The number of rotatable bonds is 8. The molecule has 17 heavy (non-hydrogen) atoms. The van der Waals surface area contributed by atoms with Gasteiger partial charge in [-0.3, -0.25) is 0 Å². The predicted octanol–water partition coefficient (Wildman–Crippen LogP) is 2.82. The summed E-state index contributed by atoms with van der Waals surface area (Å²) in [6.45, 7) is 7.63. The lowest BCUT2D eigenvalue weighted by atomic mass is 10.2. The zero-order chi connectivity index (χ0) is 12.1. The molecule has 0 saturated heterocycles. The maximum Gasteiger partial charge on any atom is 0.0948 e. The molecular weight excluding hydrogens is 210 g/mol. The molecule has 0 aromatic carbocycles. The molecule has 3 heteroatoms. The van der Waals surface area contributed by atoms with Crippen LogP contribution in [-0.4, -0.2) is 16.1 Å². The second kappa shape index (κ2) is 6.20. The molecule has 0 aliphatic heterocycles. The second-order valence-corrected chi connectivity index (χ2v) is 5.69. The van der Waals surface area contributed by atoms with Crippen molar-refractivity contribution in [1.29, 1.82) is 0 Å². The van der Waals surface area contributed by atoms with E-state index in [-0.39, 0.29) is 0 Å². The first-order valence-electron chi connectivity index (χ1n) is 6.95. The Morgan fingerprint density at radius 2 is 2.29 bits per heavy atom. The van der Waals surface area contributed by atoms with Crippen molar-refractivity contribution < 1.29 is 0 Å². The molecule has 0 unspecified atom stereocenters. The van der Waals surface area contributed by atoms with Crippen LogP contribution in [0.3, 0.4) is 0 Å². The third-order valence-corrected chi connectivity index (χ3v) is 3.37. The summed E-state index contributed by atoms with van der Waals surface area (Å²) in [5.41, 5.74) is 1.32. The fraction of sp³-hybridized carbons (Fsp3) is 0.786. The second-order valence-electron chi connectivity index (χ2n) is 5.69. The summed E-state index contributed by atoms with van der Waals surface area (Å²) >= 11 is 0. The largest absolute Gasteiger partial charge is 0.333 e. The van der Waals surface area contributed by atoms with E-state index >= 15 is 0 Å². The fourth-order valence-electron chi connectivity index (χ4n) is 2.14. The minimum atomic E-state index is 0.709. The molecule has 1 N–H and O–H groups in total. The number of nitrogens with zero attached hydrogens (tertiary/aromatic N) is 2. The lowest BCUT2D eigenvalue weighted by Gasteiger charge is -2.10. The van der Waals surface area contributed by atoms with Crippen molar-refractivity contribution in [2.24, 2.45) is 11.8 Å². The Morgan fingerprint density at radius 3 is 3.00 bits per heavy atom. The van der Waals surface area contributed by atoms with Crippen LogP contribution in [-0.2, 0) is 13.1 Å². The summed E-state index contributed by atoms with van der Waals surface area (Å²) in [6.07, 6.45) is 9.60. The fourth-order valence-corrected chi connectivity index (χ4v) is 2.14. The average molecular weight is 235 g/mol. The van der Waals surface area contributed by atoms with Crippen LogP contribution in [0.15, 0.2) is 12.5 Å². The van der Waals surface area contributed by atoms with Crippen LogP contribution in [0.4, 0.5) is 0 Å². The van der Waals surface area contributed by atoms with Crippen LogP contribution in [0.25, 0.3) is 0 Å². The molecule has 96 valence electrons. The highest BCUT2D eigenvalue weighted by Crippen LogP contribution is 2.33. The summed E-state index contributed by atoms with van der Waals surface area (Å²) in [6, 6.07) is 0. The van der Waals surface area contributed by atoms with Gasteiger partial charge in [0.15, 0.2) is 0 Å². The number of hydrogen-bond donors (Lipinski definition) is 1. The minimum absolute atomic E-state index is 0.709. The summed E-state index contributed by atoms with van der Waals surface area (Å²) in [5, 5.41) is 3.48. The van der Waals surface area contributed by atoms with E-state index in [4.69, 9.17) is 0 Å². The highest BCUT2D eigenvalue weighted by atomic mass is 15.1. The van der Waals surface area contributed by atoms with Crippen LogP contribution >= 0.6 is 0 Å². The molecule has 3 nitrogen and oxygen atoms in total.